The van der Waals surface area contributed by atoms with Crippen molar-refractivity contribution >= 4 is 17.1 Å². The Balaban J connectivity index is 2.16. The Labute approximate surface area is 97.9 Å². The minimum absolute atomic E-state index is 0.0485. The second-order valence-electron chi connectivity index (χ2n) is 3.75. The smallest absolute Gasteiger partial charge is 0.187 e. The molecule has 0 aliphatic heterocycles. The number of rotatable bonds is 3. The van der Waals surface area contributed by atoms with E-state index >= 15 is 0 Å². The number of hydrogen-bond donors (Lipinski definition) is 0. The molecule has 0 aromatic carbocycles. The normalized spacial score (nSPS) is 10.7. The van der Waals surface area contributed by atoms with Gasteiger partial charge in [0.05, 0.1) is 17.1 Å². The molecule has 2 aromatic rings. The Morgan fingerprint density at radius 2 is 2.25 bits per heavy atom. The van der Waals surface area contributed by atoms with E-state index in [4.69, 9.17) is 0 Å². The largest absolute Gasteiger partial charge is 0.292 e. The zero-order valence-corrected chi connectivity index (χ0v) is 10.3. The predicted molar refractivity (Wildman–Crippen MR) is 62.8 cm³/mol. The minimum atomic E-state index is 0.0485. The van der Waals surface area contributed by atoms with Crippen molar-refractivity contribution in [2.45, 2.75) is 20.3 Å². The highest BCUT2D eigenvalue weighted by atomic mass is 32.1. The molecule has 16 heavy (non-hydrogen) atoms. The van der Waals surface area contributed by atoms with E-state index in [1.165, 1.54) is 11.3 Å². The van der Waals surface area contributed by atoms with Gasteiger partial charge in [-0.15, -0.1) is 11.3 Å². The lowest BCUT2D eigenvalue weighted by Crippen LogP contribution is -2.08. The van der Waals surface area contributed by atoms with E-state index in [0.717, 1.165) is 16.4 Å². The topological polar surface area (TPSA) is 47.8 Å². The first kappa shape index (κ1) is 11.0. The third-order valence-electron chi connectivity index (χ3n) is 2.35. The van der Waals surface area contributed by atoms with Crippen molar-refractivity contribution in [3.05, 3.63) is 33.5 Å². The maximum absolute atomic E-state index is 11.9. The second-order valence-corrected chi connectivity index (χ2v) is 4.81. The molecule has 2 heterocycles. The fourth-order valence-corrected chi connectivity index (χ4v) is 2.19. The number of ketones is 1. The first-order valence-electron chi connectivity index (χ1n) is 5.01. The van der Waals surface area contributed by atoms with Gasteiger partial charge in [0.15, 0.2) is 5.78 Å². The summed E-state index contributed by atoms with van der Waals surface area (Å²) in [5, 5.41) is 6.94. The fourth-order valence-electron chi connectivity index (χ4n) is 1.58. The molecule has 84 valence electrons. The van der Waals surface area contributed by atoms with E-state index in [2.05, 4.69) is 10.1 Å². The summed E-state index contributed by atoms with van der Waals surface area (Å²) >= 11 is 1.50. The summed E-state index contributed by atoms with van der Waals surface area (Å²) in [4.78, 5) is 16.1. The zero-order chi connectivity index (χ0) is 11.7. The lowest BCUT2D eigenvalue weighted by atomic mass is 10.2. The lowest BCUT2D eigenvalue weighted by molar-refractivity contribution is 0.0986. The number of thiazole rings is 1. The maximum atomic E-state index is 11.9. The fraction of sp³-hybridized carbons (Fsp3) is 0.364. The van der Waals surface area contributed by atoms with E-state index < -0.39 is 0 Å². The summed E-state index contributed by atoms with van der Waals surface area (Å²) in [6, 6.07) is 1.93. The summed E-state index contributed by atoms with van der Waals surface area (Å²) in [6.45, 7) is 3.82. The van der Waals surface area contributed by atoms with Crippen molar-refractivity contribution in [1.29, 1.82) is 0 Å². The van der Waals surface area contributed by atoms with Gasteiger partial charge in [0.25, 0.3) is 0 Å². The Hall–Kier alpha value is -1.49. The van der Waals surface area contributed by atoms with Crippen LogP contribution in [0.1, 0.15) is 26.9 Å². The van der Waals surface area contributed by atoms with E-state index in [1.807, 2.05) is 27.0 Å². The average Bonchev–Trinajstić information content (AvgIpc) is 2.74. The molecule has 0 atom stereocenters. The molecule has 0 saturated carbocycles. The summed E-state index contributed by atoms with van der Waals surface area (Å²) in [5.74, 6) is 0.0485. The second kappa shape index (κ2) is 4.17. The van der Waals surface area contributed by atoms with Crippen molar-refractivity contribution in [2.24, 2.45) is 7.05 Å². The maximum Gasteiger partial charge on any atom is 0.187 e. The highest BCUT2D eigenvalue weighted by Crippen LogP contribution is 2.12. The van der Waals surface area contributed by atoms with Crippen molar-refractivity contribution in [2.75, 3.05) is 0 Å². The molecule has 4 nitrogen and oxygen atoms in total. The Kier molecular flexibility index (Phi) is 2.87. The minimum Gasteiger partial charge on any atom is -0.292 e. The van der Waals surface area contributed by atoms with Gasteiger partial charge in [-0.2, -0.15) is 5.10 Å². The molecule has 0 unspecified atom stereocenters. The number of hydrogen-bond acceptors (Lipinski definition) is 4. The Morgan fingerprint density at radius 3 is 2.75 bits per heavy atom. The first-order valence-corrected chi connectivity index (χ1v) is 5.89. The first-order chi connectivity index (χ1) is 7.56. The van der Waals surface area contributed by atoms with E-state index in [-0.39, 0.29) is 5.78 Å². The van der Waals surface area contributed by atoms with Crippen molar-refractivity contribution < 1.29 is 4.79 Å². The van der Waals surface area contributed by atoms with Crippen LogP contribution in [0.5, 0.6) is 0 Å². The molecule has 0 spiro atoms. The third kappa shape index (κ3) is 2.19. The average molecular weight is 235 g/mol. The van der Waals surface area contributed by atoms with E-state index in [0.29, 0.717) is 12.1 Å². The summed E-state index contributed by atoms with van der Waals surface area (Å²) < 4.78 is 1.74. The van der Waals surface area contributed by atoms with Crippen LogP contribution < -0.4 is 0 Å². The van der Waals surface area contributed by atoms with Crippen LogP contribution in [0, 0.1) is 13.8 Å². The SMILES string of the molecule is Cc1cc(CC(=O)c2csc(C)n2)n(C)n1. The standard InChI is InChI=1S/C11H13N3OS/c1-7-4-9(14(3)13-7)5-11(15)10-6-16-8(2)12-10/h4,6H,5H2,1-3H3. The molecule has 0 radical (unpaired) electrons. The van der Waals surface area contributed by atoms with Gasteiger partial charge in [-0.3, -0.25) is 9.48 Å². The molecule has 0 N–H and O–H groups in total. The molecule has 0 bridgehead atoms. The van der Waals surface area contributed by atoms with Crippen LogP contribution in [-0.4, -0.2) is 20.5 Å². The van der Waals surface area contributed by atoms with Gasteiger partial charge < -0.3 is 0 Å². The lowest BCUT2D eigenvalue weighted by Gasteiger charge is -1.98. The van der Waals surface area contributed by atoms with Gasteiger partial charge in [-0.25, -0.2) is 4.98 Å². The van der Waals surface area contributed by atoms with Gasteiger partial charge in [0, 0.05) is 18.1 Å². The quantitative estimate of drug-likeness (QED) is 0.764. The van der Waals surface area contributed by atoms with Crippen LogP contribution in [0.4, 0.5) is 0 Å². The van der Waals surface area contributed by atoms with Gasteiger partial charge in [0.1, 0.15) is 5.69 Å². The zero-order valence-electron chi connectivity index (χ0n) is 9.52. The summed E-state index contributed by atoms with van der Waals surface area (Å²) in [7, 11) is 1.85. The van der Waals surface area contributed by atoms with Crippen LogP contribution in [0.2, 0.25) is 0 Å². The summed E-state index contributed by atoms with van der Waals surface area (Å²) in [5.41, 5.74) is 2.41. The van der Waals surface area contributed by atoms with Crippen LogP contribution >= 0.6 is 11.3 Å². The van der Waals surface area contributed by atoms with E-state index in [9.17, 15) is 4.79 Å². The van der Waals surface area contributed by atoms with Gasteiger partial charge >= 0.3 is 0 Å². The van der Waals surface area contributed by atoms with Crippen LogP contribution in [-0.2, 0) is 13.5 Å². The highest BCUT2D eigenvalue weighted by molar-refractivity contribution is 7.09. The highest BCUT2D eigenvalue weighted by Gasteiger charge is 2.13. The number of carbonyl (C=O) groups is 1. The molecular weight excluding hydrogens is 222 g/mol. The molecule has 0 amide bonds. The van der Waals surface area contributed by atoms with Crippen LogP contribution in [0.3, 0.4) is 0 Å². The molecule has 0 aliphatic carbocycles. The molecule has 2 aromatic heterocycles. The molecule has 0 aliphatic rings. The number of aromatic nitrogens is 3. The monoisotopic (exact) mass is 235 g/mol. The van der Waals surface area contributed by atoms with Gasteiger partial charge in [-0.1, -0.05) is 0 Å². The predicted octanol–water partition coefficient (Wildman–Crippen LogP) is 1.92. The molecule has 5 heteroatoms. The van der Waals surface area contributed by atoms with Crippen molar-refractivity contribution in [3.63, 3.8) is 0 Å². The summed E-state index contributed by atoms with van der Waals surface area (Å²) in [6.07, 6.45) is 0.362. The number of nitrogens with zero attached hydrogens (tertiary/aromatic N) is 3. The molecular formula is C11H13N3OS. The third-order valence-corrected chi connectivity index (χ3v) is 3.12. The Morgan fingerprint density at radius 1 is 1.50 bits per heavy atom. The van der Waals surface area contributed by atoms with Crippen molar-refractivity contribution in [3.8, 4) is 0 Å². The van der Waals surface area contributed by atoms with Crippen LogP contribution in [0.15, 0.2) is 11.4 Å². The Bertz CT molecular complexity index is 527. The van der Waals surface area contributed by atoms with Crippen molar-refractivity contribution in [1.82, 2.24) is 14.8 Å². The molecule has 0 fully saturated rings. The molecule has 0 saturated heterocycles. The van der Waals surface area contributed by atoms with Gasteiger partial charge in [0.2, 0.25) is 0 Å². The van der Waals surface area contributed by atoms with Gasteiger partial charge in [-0.05, 0) is 19.9 Å². The number of Topliss-reactive ketones (excluding diaryl/α,β-unsaturated/α-hetero) is 1. The molecule has 2 rings (SSSR count). The number of carbonyl (C=O) groups excluding carboxylic acids is 1. The van der Waals surface area contributed by atoms with E-state index in [1.54, 1.807) is 10.1 Å². The number of aryl methyl sites for hydroxylation is 3. The van der Waals surface area contributed by atoms with Crippen LogP contribution in [0.25, 0.3) is 0 Å².